The predicted octanol–water partition coefficient (Wildman–Crippen LogP) is 1.28. The van der Waals surface area contributed by atoms with Gasteiger partial charge in [-0.2, -0.15) is 0 Å². The first kappa shape index (κ1) is 15.2. The molecule has 2 saturated heterocycles. The van der Waals surface area contributed by atoms with Crippen molar-refractivity contribution in [3.63, 3.8) is 0 Å². The molecule has 0 radical (unpaired) electrons. The van der Waals surface area contributed by atoms with E-state index in [2.05, 4.69) is 19.7 Å². The van der Waals surface area contributed by atoms with E-state index in [0.29, 0.717) is 13.2 Å². The van der Waals surface area contributed by atoms with E-state index in [9.17, 15) is 5.11 Å². The molecule has 5 heteroatoms. The van der Waals surface area contributed by atoms with Crippen molar-refractivity contribution in [1.82, 2.24) is 0 Å². The van der Waals surface area contributed by atoms with Crippen LogP contribution in [0.2, 0.25) is 13.1 Å². The highest BCUT2D eigenvalue weighted by atomic mass is 28.3. The van der Waals surface area contributed by atoms with Crippen molar-refractivity contribution in [3.8, 4) is 0 Å². The van der Waals surface area contributed by atoms with Crippen LogP contribution < -0.4 is 0 Å². The van der Waals surface area contributed by atoms with Gasteiger partial charge in [-0.25, -0.2) is 0 Å². The fourth-order valence-corrected chi connectivity index (χ4v) is 5.86. The molecule has 2 heterocycles. The van der Waals surface area contributed by atoms with Gasteiger partial charge in [0.2, 0.25) is 0 Å². The molecule has 19 heavy (non-hydrogen) atoms. The van der Waals surface area contributed by atoms with Gasteiger partial charge in [-0.3, -0.25) is 0 Å². The fourth-order valence-electron chi connectivity index (χ4n) is 3.29. The van der Waals surface area contributed by atoms with Crippen LogP contribution in [0.1, 0.15) is 19.3 Å². The summed E-state index contributed by atoms with van der Waals surface area (Å²) >= 11 is 0. The molecular weight excluding hydrogens is 260 g/mol. The molecule has 0 aliphatic carbocycles. The molecule has 0 bridgehead atoms. The van der Waals surface area contributed by atoms with Crippen molar-refractivity contribution in [2.24, 2.45) is 0 Å². The van der Waals surface area contributed by atoms with E-state index in [1.54, 1.807) is 6.08 Å². The van der Waals surface area contributed by atoms with Gasteiger partial charge in [0, 0.05) is 6.61 Å². The van der Waals surface area contributed by atoms with E-state index in [1.807, 2.05) is 0 Å². The summed E-state index contributed by atoms with van der Waals surface area (Å²) in [5.41, 5.74) is -0.519. The largest absolute Gasteiger partial charge is 0.387 e. The molecule has 2 aliphatic rings. The molecule has 0 aromatic carbocycles. The van der Waals surface area contributed by atoms with Gasteiger partial charge in [-0.15, -0.1) is 6.58 Å². The van der Waals surface area contributed by atoms with Gasteiger partial charge >= 0.3 is 0 Å². The summed E-state index contributed by atoms with van der Waals surface area (Å²) in [5.74, 6) is 0. The number of rotatable bonds is 7. The Kier molecular flexibility index (Phi) is 4.84. The minimum Gasteiger partial charge on any atom is -0.387 e. The highest BCUT2D eigenvalue weighted by molar-refractivity contribution is 6.59. The Labute approximate surface area is 117 Å². The number of aliphatic hydroxyl groups excluding tert-OH is 1. The Morgan fingerprint density at radius 2 is 2.16 bits per heavy atom. The second-order valence-electron chi connectivity index (χ2n) is 5.87. The van der Waals surface area contributed by atoms with Gasteiger partial charge in [0.1, 0.15) is 11.7 Å². The summed E-state index contributed by atoms with van der Waals surface area (Å²) in [5, 5.41) is 10.3. The third kappa shape index (κ3) is 2.67. The Bertz CT molecular complexity index is 309. The molecule has 0 aromatic rings. The van der Waals surface area contributed by atoms with Crippen LogP contribution in [-0.4, -0.2) is 57.3 Å². The Morgan fingerprint density at radius 3 is 2.63 bits per heavy atom. The normalized spacial score (nSPS) is 36.2. The van der Waals surface area contributed by atoms with E-state index < -0.39 is 20.5 Å². The summed E-state index contributed by atoms with van der Waals surface area (Å²) in [7, 11) is -1.13. The van der Waals surface area contributed by atoms with Gasteiger partial charge in [0.05, 0.1) is 33.8 Å². The van der Waals surface area contributed by atoms with E-state index in [-0.39, 0.29) is 11.8 Å². The Morgan fingerprint density at radius 1 is 1.42 bits per heavy atom. The minimum atomic E-state index is -1.13. The smallest absolute Gasteiger partial charge is 0.145 e. The maximum atomic E-state index is 10.5. The zero-order chi connectivity index (χ0) is 13.9. The number of hydrogen-bond donors (Lipinski definition) is 1. The van der Waals surface area contributed by atoms with Gasteiger partial charge < -0.3 is 19.3 Å². The standard InChI is InChI=1S/C14H26O4Si/c1-4-8-16-10-12(15)13(11-18-13)14(19(2)3)7-5-6-9-17-14/h4,12,15,19H,1,5-11H2,2-3H3. The van der Waals surface area contributed by atoms with Gasteiger partial charge in [-0.05, 0) is 19.3 Å². The summed E-state index contributed by atoms with van der Waals surface area (Å²) < 4.78 is 17.3. The molecule has 4 nitrogen and oxygen atoms in total. The first-order chi connectivity index (χ1) is 9.09. The second kappa shape index (κ2) is 6.05. The van der Waals surface area contributed by atoms with E-state index >= 15 is 0 Å². The number of hydrogen-bond acceptors (Lipinski definition) is 4. The van der Waals surface area contributed by atoms with Gasteiger partial charge in [-0.1, -0.05) is 19.2 Å². The topological polar surface area (TPSA) is 51.2 Å². The van der Waals surface area contributed by atoms with Crippen molar-refractivity contribution < 1.29 is 19.3 Å². The fraction of sp³-hybridized carbons (Fsp3) is 0.857. The highest BCUT2D eigenvalue weighted by Gasteiger charge is 2.67. The third-order valence-electron chi connectivity index (χ3n) is 4.46. The molecular formula is C14H26O4Si. The maximum absolute atomic E-state index is 10.5. The first-order valence-electron chi connectivity index (χ1n) is 7.24. The average Bonchev–Trinajstić information content (AvgIpc) is 3.21. The summed E-state index contributed by atoms with van der Waals surface area (Å²) in [6.07, 6.45) is 4.37. The first-order valence-corrected chi connectivity index (χ1v) is 10.1. The van der Waals surface area contributed by atoms with Gasteiger partial charge in [0.25, 0.3) is 0 Å². The van der Waals surface area contributed by atoms with Crippen molar-refractivity contribution in [1.29, 1.82) is 0 Å². The molecule has 0 saturated carbocycles. The SMILES string of the molecule is C=CCOCC(O)C1(C2([SiH](C)C)CCCCO2)CO1. The number of ether oxygens (including phenoxy) is 3. The minimum absolute atomic E-state index is 0.234. The van der Waals surface area contributed by atoms with Crippen molar-refractivity contribution in [3.05, 3.63) is 12.7 Å². The zero-order valence-electron chi connectivity index (χ0n) is 12.1. The number of epoxide rings is 1. The Hall–Kier alpha value is -0.203. The highest BCUT2D eigenvalue weighted by Crippen LogP contribution is 2.49. The molecule has 1 N–H and O–H groups in total. The van der Waals surface area contributed by atoms with Crippen molar-refractivity contribution >= 4 is 8.80 Å². The quantitative estimate of drug-likeness (QED) is 0.331. The predicted molar refractivity (Wildman–Crippen MR) is 77.1 cm³/mol. The molecule has 3 atom stereocenters. The lowest BCUT2D eigenvalue weighted by molar-refractivity contribution is -0.121. The van der Waals surface area contributed by atoms with Crippen LogP contribution >= 0.6 is 0 Å². The zero-order valence-corrected chi connectivity index (χ0v) is 13.2. The molecule has 0 spiro atoms. The van der Waals surface area contributed by atoms with E-state index in [4.69, 9.17) is 14.2 Å². The molecule has 2 rings (SSSR count). The molecule has 110 valence electrons. The van der Waals surface area contributed by atoms with Crippen LogP contribution in [-0.2, 0) is 14.2 Å². The average molecular weight is 286 g/mol. The molecule has 3 unspecified atom stereocenters. The molecule has 2 fully saturated rings. The second-order valence-corrected chi connectivity index (χ2v) is 9.11. The van der Waals surface area contributed by atoms with Crippen LogP contribution in [0.5, 0.6) is 0 Å². The Balaban J connectivity index is 2.09. The van der Waals surface area contributed by atoms with Gasteiger partial charge in [0.15, 0.2) is 0 Å². The number of aliphatic hydroxyl groups is 1. The molecule has 0 aromatic heterocycles. The lowest BCUT2D eigenvalue weighted by Crippen LogP contribution is -2.63. The van der Waals surface area contributed by atoms with Crippen LogP contribution in [0, 0.1) is 0 Å². The van der Waals surface area contributed by atoms with E-state index in [0.717, 1.165) is 25.9 Å². The third-order valence-corrected chi connectivity index (χ3v) is 7.27. The van der Waals surface area contributed by atoms with E-state index in [1.165, 1.54) is 0 Å². The summed E-state index contributed by atoms with van der Waals surface area (Å²) in [4.78, 5) is 0. The van der Waals surface area contributed by atoms with Crippen molar-refractivity contribution in [2.75, 3.05) is 26.4 Å². The maximum Gasteiger partial charge on any atom is 0.145 e. The van der Waals surface area contributed by atoms with Crippen LogP contribution in [0.15, 0.2) is 12.7 Å². The van der Waals surface area contributed by atoms with Crippen LogP contribution in [0.4, 0.5) is 0 Å². The summed E-state index contributed by atoms with van der Waals surface area (Å²) in [6, 6.07) is 0. The lowest BCUT2D eigenvalue weighted by Gasteiger charge is -2.46. The van der Waals surface area contributed by atoms with Crippen molar-refractivity contribution in [2.45, 2.75) is 49.3 Å². The van der Waals surface area contributed by atoms with Crippen LogP contribution in [0.25, 0.3) is 0 Å². The van der Waals surface area contributed by atoms with Crippen LogP contribution in [0.3, 0.4) is 0 Å². The molecule has 0 amide bonds. The molecule has 2 aliphatic heterocycles. The summed E-state index contributed by atoms with van der Waals surface area (Å²) in [6.45, 7) is 10.3. The monoisotopic (exact) mass is 286 g/mol. The lowest BCUT2D eigenvalue weighted by atomic mass is 9.90.